The molecule has 2 fully saturated rings. The van der Waals surface area contributed by atoms with Crippen molar-refractivity contribution in [2.75, 3.05) is 29.9 Å². The van der Waals surface area contributed by atoms with Gasteiger partial charge in [0.2, 0.25) is 0 Å². The molecular formula is C16H23N3O2. The largest absolute Gasteiger partial charge is 0.370 e. The maximum atomic E-state index is 12.0. The maximum absolute atomic E-state index is 12.0. The van der Waals surface area contributed by atoms with Crippen LogP contribution in [-0.4, -0.2) is 36.7 Å². The molecule has 0 spiro atoms. The lowest BCUT2D eigenvalue weighted by Gasteiger charge is -2.31. The Morgan fingerprint density at radius 2 is 2.14 bits per heavy atom. The van der Waals surface area contributed by atoms with Crippen molar-refractivity contribution in [3.05, 3.63) is 18.3 Å². The first-order valence-corrected chi connectivity index (χ1v) is 7.86. The SMILES string of the molecule is CC1CCN(c2ccc(NC(=O)C3CCCO3)nc2)CC1. The summed E-state index contributed by atoms with van der Waals surface area (Å²) >= 11 is 0. The lowest BCUT2D eigenvalue weighted by molar-refractivity contribution is -0.124. The molecule has 0 saturated carbocycles. The Morgan fingerprint density at radius 3 is 2.76 bits per heavy atom. The molecule has 2 aliphatic heterocycles. The number of piperidine rings is 1. The van der Waals surface area contributed by atoms with E-state index in [0.29, 0.717) is 12.4 Å². The maximum Gasteiger partial charge on any atom is 0.254 e. The minimum absolute atomic E-state index is 0.0838. The third-order valence-corrected chi connectivity index (χ3v) is 4.37. The first kappa shape index (κ1) is 14.3. The minimum atomic E-state index is -0.310. The van der Waals surface area contributed by atoms with Crippen LogP contribution >= 0.6 is 0 Å². The minimum Gasteiger partial charge on any atom is -0.370 e. The standard InChI is InChI=1S/C16H23N3O2/c1-12-6-8-19(9-7-12)13-4-5-15(17-11-13)18-16(20)14-3-2-10-21-14/h4-5,11-12,14H,2-3,6-10H2,1H3,(H,17,18,20). The van der Waals surface area contributed by atoms with E-state index in [1.807, 2.05) is 18.3 Å². The molecule has 3 rings (SSSR count). The van der Waals surface area contributed by atoms with Gasteiger partial charge in [-0.05, 0) is 43.7 Å². The predicted octanol–water partition coefficient (Wildman–Crippen LogP) is 2.44. The fraction of sp³-hybridized carbons (Fsp3) is 0.625. The Balaban J connectivity index is 1.57. The molecule has 3 heterocycles. The van der Waals surface area contributed by atoms with Crippen LogP contribution in [0.2, 0.25) is 0 Å². The second kappa shape index (κ2) is 6.43. The van der Waals surface area contributed by atoms with E-state index in [9.17, 15) is 4.79 Å². The highest BCUT2D eigenvalue weighted by Crippen LogP contribution is 2.23. The lowest BCUT2D eigenvalue weighted by atomic mass is 9.99. The van der Waals surface area contributed by atoms with Gasteiger partial charge in [-0.15, -0.1) is 0 Å². The van der Waals surface area contributed by atoms with Gasteiger partial charge in [0.05, 0.1) is 11.9 Å². The van der Waals surface area contributed by atoms with E-state index < -0.39 is 0 Å². The van der Waals surface area contributed by atoms with Crippen molar-refractivity contribution in [3.8, 4) is 0 Å². The van der Waals surface area contributed by atoms with Gasteiger partial charge < -0.3 is 15.0 Å². The normalized spacial score (nSPS) is 23.3. The van der Waals surface area contributed by atoms with Crippen LogP contribution in [0.5, 0.6) is 0 Å². The molecule has 1 unspecified atom stereocenters. The number of carbonyl (C=O) groups excluding carboxylic acids is 1. The number of pyridine rings is 1. The van der Waals surface area contributed by atoms with Gasteiger partial charge in [0.1, 0.15) is 11.9 Å². The number of nitrogens with zero attached hydrogens (tertiary/aromatic N) is 2. The molecule has 0 aliphatic carbocycles. The van der Waals surface area contributed by atoms with E-state index in [-0.39, 0.29) is 12.0 Å². The van der Waals surface area contributed by atoms with Crippen molar-refractivity contribution in [2.45, 2.75) is 38.7 Å². The van der Waals surface area contributed by atoms with E-state index in [2.05, 4.69) is 22.1 Å². The summed E-state index contributed by atoms with van der Waals surface area (Å²) in [6.07, 6.45) is 5.76. The van der Waals surface area contributed by atoms with Crippen molar-refractivity contribution in [1.82, 2.24) is 4.98 Å². The number of hydrogen-bond donors (Lipinski definition) is 1. The highest BCUT2D eigenvalue weighted by Gasteiger charge is 2.24. The monoisotopic (exact) mass is 289 g/mol. The van der Waals surface area contributed by atoms with E-state index >= 15 is 0 Å². The molecule has 1 atom stereocenters. The number of carbonyl (C=O) groups is 1. The van der Waals surface area contributed by atoms with Gasteiger partial charge in [0.15, 0.2) is 0 Å². The molecule has 1 N–H and O–H groups in total. The summed E-state index contributed by atoms with van der Waals surface area (Å²) in [7, 11) is 0. The summed E-state index contributed by atoms with van der Waals surface area (Å²) in [5.74, 6) is 1.34. The third-order valence-electron chi connectivity index (χ3n) is 4.37. The van der Waals surface area contributed by atoms with Gasteiger partial charge in [-0.25, -0.2) is 4.98 Å². The summed E-state index contributed by atoms with van der Waals surface area (Å²) in [5, 5.41) is 2.83. The first-order valence-electron chi connectivity index (χ1n) is 7.86. The predicted molar refractivity (Wildman–Crippen MR) is 82.5 cm³/mol. The Labute approximate surface area is 125 Å². The van der Waals surface area contributed by atoms with Crippen molar-refractivity contribution < 1.29 is 9.53 Å². The van der Waals surface area contributed by atoms with Gasteiger partial charge in [-0.1, -0.05) is 6.92 Å². The molecule has 114 valence electrons. The fourth-order valence-corrected chi connectivity index (χ4v) is 2.91. The second-order valence-electron chi connectivity index (χ2n) is 6.06. The summed E-state index contributed by atoms with van der Waals surface area (Å²) in [5.41, 5.74) is 1.14. The highest BCUT2D eigenvalue weighted by atomic mass is 16.5. The Morgan fingerprint density at radius 1 is 1.33 bits per heavy atom. The number of rotatable bonds is 3. The highest BCUT2D eigenvalue weighted by molar-refractivity contribution is 5.93. The molecule has 0 radical (unpaired) electrons. The molecule has 5 heteroatoms. The number of anilines is 2. The number of ether oxygens (including phenoxy) is 1. The van der Waals surface area contributed by atoms with Crippen molar-refractivity contribution in [1.29, 1.82) is 0 Å². The van der Waals surface area contributed by atoms with Crippen LogP contribution in [-0.2, 0) is 9.53 Å². The van der Waals surface area contributed by atoms with Crippen molar-refractivity contribution in [2.24, 2.45) is 5.92 Å². The van der Waals surface area contributed by atoms with Crippen LogP contribution in [0.15, 0.2) is 18.3 Å². The Hall–Kier alpha value is -1.62. The zero-order valence-electron chi connectivity index (χ0n) is 12.5. The van der Waals surface area contributed by atoms with Crippen LogP contribution in [0, 0.1) is 5.92 Å². The quantitative estimate of drug-likeness (QED) is 0.928. The van der Waals surface area contributed by atoms with Crippen molar-refractivity contribution in [3.63, 3.8) is 0 Å². The fourth-order valence-electron chi connectivity index (χ4n) is 2.91. The van der Waals surface area contributed by atoms with E-state index in [4.69, 9.17) is 4.74 Å². The van der Waals surface area contributed by atoms with Crippen LogP contribution in [0.3, 0.4) is 0 Å². The van der Waals surface area contributed by atoms with Crippen LogP contribution in [0.25, 0.3) is 0 Å². The zero-order valence-corrected chi connectivity index (χ0v) is 12.5. The summed E-state index contributed by atoms with van der Waals surface area (Å²) < 4.78 is 5.37. The van der Waals surface area contributed by atoms with Gasteiger partial charge >= 0.3 is 0 Å². The molecule has 1 amide bonds. The summed E-state index contributed by atoms with van der Waals surface area (Å²) in [6.45, 7) is 5.16. The van der Waals surface area contributed by atoms with E-state index in [1.165, 1.54) is 12.8 Å². The Bertz CT molecular complexity index is 475. The lowest BCUT2D eigenvalue weighted by Crippen LogP contribution is -2.32. The van der Waals surface area contributed by atoms with Gasteiger partial charge in [-0.2, -0.15) is 0 Å². The number of aromatic nitrogens is 1. The van der Waals surface area contributed by atoms with Crippen LogP contribution < -0.4 is 10.2 Å². The molecule has 21 heavy (non-hydrogen) atoms. The van der Waals surface area contributed by atoms with Crippen LogP contribution in [0.1, 0.15) is 32.6 Å². The van der Waals surface area contributed by atoms with Crippen LogP contribution in [0.4, 0.5) is 11.5 Å². The number of amides is 1. The zero-order chi connectivity index (χ0) is 14.7. The molecule has 5 nitrogen and oxygen atoms in total. The van der Waals surface area contributed by atoms with Gasteiger partial charge in [-0.3, -0.25) is 4.79 Å². The van der Waals surface area contributed by atoms with Crippen molar-refractivity contribution >= 4 is 17.4 Å². The molecule has 1 aromatic heterocycles. The number of nitrogens with one attached hydrogen (secondary N) is 1. The van der Waals surface area contributed by atoms with Gasteiger partial charge in [0, 0.05) is 19.7 Å². The van der Waals surface area contributed by atoms with E-state index in [0.717, 1.165) is 37.5 Å². The topological polar surface area (TPSA) is 54.5 Å². The second-order valence-corrected chi connectivity index (χ2v) is 6.06. The third kappa shape index (κ3) is 3.53. The number of hydrogen-bond acceptors (Lipinski definition) is 4. The Kier molecular flexibility index (Phi) is 4.39. The van der Waals surface area contributed by atoms with Gasteiger partial charge in [0.25, 0.3) is 5.91 Å². The summed E-state index contributed by atoms with van der Waals surface area (Å²) in [4.78, 5) is 18.7. The molecule has 2 saturated heterocycles. The average molecular weight is 289 g/mol. The molecule has 2 aliphatic rings. The molecular weight excluding hydrogens is 266 g/mol. The molecule has 1 aromatic rings. The smallest absolute Gasteiger partial charge is 0.254 e. The molecule has 0 aromatic carbocycles. The summed E-state index contributed by atoms with van der Waals surface area (Å²) in [6, 6.07) is 3.91. The average Bonchev–Trinajstić information content (AvgIpc) is 3.03. The molecule has 0 bridgehead atoms. The van der Waals surface area contributed by atoms with E-state index in [1.54, 1.807) is 0 Å². The first-order chi connectivity index (χ1) is 10.2.